The minimum atomic E-state index is -1.26. The maximum absolute atomic E-state index is 13.1. The van der Waals surface area contributed by atoms with Crippen molar-refractivity contribution in [1.82, 2.24) is 31.2 Å². The van der Waals surface area contributed by atoms with Gasteiger partial charge < -0.3 is 36.5 Å². The van der Waals surface area contributed by atoms with E-state index in [0.717, 1.165) is 6.42 Å². The van der Waals surface area contributed by atoms with Crippen LogP contribution in [0.5, 0.6) is 0 Å². The minimum Gasteiger partial charge on any atom is -0.481 e. The molecule has 0 saturated carbocycles. The van der Waals surface area contributed by atoms with Crippen molar-refractivity contribution in [2.45, 2.75) is 76.5 Å². The lowest BCUT2D eigenvalue weighted by molar-refractivity contribution is -0.142. The van der Waals surface area contributed by atoms with Crippen LogP contribution in [0.15, 0.2) is 12.5 Å². The Bertz CT molecular complexity index is 885. The van der Waals surface area contributed by atoms with Crippen LogP contribution in [0.1, 0.15) is 51.6 Å². The van der Waals surface area contributed by atoms with E-state index in [1.54, 1.807) is 6.92 Å². The maximum Gasteiger partial charge on any atom is 0.326 e. The van der Waals surface area contributed by atoms with Crippen LogP contribution in [0.25, 0.3) is 0 Å². The highest BCUT2D eigenvalue weighted by Crippen LogP contribution is 2.12. The van der Waals surface area contributed by atoms with Gasteiger partial charge in [-0.25, -0.2) is 9.78 Å². The van der Waals surface area contributed by atoms with Gasteiger partial charge in [0.05, 0.1) is 12.4 Å². The number of rotatable bonds is 14. The number of carbonyl (C=O) groups is 5. The molecule has 1 aromatic rings. The molecule has 0 aromatic carbocycles. The van der Waals surface area contributed by atoms with Gasteiger partial charge in [0.1, 0.15) is 18.1 Å². The van der Waals surface area contributed by atoms with Gasteiger partial charge in [0.25, 0.3) is 0 Å². The lowest BCUT2D eigenvalue weighted by Gasteiger charge is -2.28. The van der Waals surface area contributed by atoms with Gasteiger partial charge in [-0.3, -0.25) is 19.2 Å². The molecule has 13 nitrogen and oxygen atoms in total. The molecule has 3 amide bonds. The van der Waals surface area contributed by atoms with Gasteiger partial charge in [-0.05, 0) is 31.7 Å². The molecule has 1 fully saturated rings. The number of hydrogen-bond acceptors (Lipinski definition) is 7. The Morgan fingerprint density at radius 3 is 2.40 bits per heavy atom. The molecule has 0 spiro atoms. The third-order valence-electron chi connectivity index (χ3n) is 6.04. The number of carbonyl (C=O) groups excluding carboxylic acids is 3. The lowest BCUT2D eigenvalue weighted by Crippen LogP contribution is -2.58. The first-order valence-electron chi connectivity index (χ1n) is 11.7. The second-order valence-corrected chi connectivity index (χ2v) is 8.69. The van der Waals surface area contributed by atoms with Crippen molar-refractivity contribution in [3.8, 4) is 0 Å². The lowest BCUT2D eigenvalue weighted by atomic mass is 9.96. The zero-order valence-corrected chi connectivity index (χ0v) is 19.9. The van der Waals surface area contributed by atoms with Crippen LogP contribution in [-0.4, -0.2) is 80.6 Å². The molecule has 194 valence electrons. The third kappa shape index (κ3) is 8.67. The first-order valence-corrected chi connectivity index (χ1v) is 11.7. The van der Waals surface area contributed by atoms with Crippen molar-refractivity contribution in [3.63, 3.8) is 0 Å². The Kier molecular flexibility index (Phi) is 10.6. The Morgan fingerprint density at radius 1 is 1.11 bits per heavy atom. The Morgan fingerprint density at radius 2 is 1.86 bits per heavy atom. The molecule has 1 aromatic heterocycles. The summed E-state index contributed by atoms with van der Waals surface area (Å²) in [5.41, 5.74) is 0.513. The predicted molar refractivity (Wildman–Crippen MR) is 123 cm³/mol. The Hall–Kier alpha value is -3.48. The van der Waals surface area contributed by atoms with Crippen LogP contribution in [-0.2, 0) is 30.4 Å². The summed E-state index contributed by atoms with van der Waals surface area (Å²) >= 11 is 0. The number of nitrogens with one attached hydrogen (secondary N) is 5. The highest BCUT2D eigenvalue weighted by Gasteiger charge is 2.33. The molecule has 5 atom stereocenters. The third-order valence-corrected chi connectivity index (χ3v) is 6.04. The van der Waals surface area contributed by atoms with Crippen molar-refractivity contribution in [3.05, 3.63) is 18.2 Å². The fourth-order valence-corrected chi connectivity index (χ4v) is 3.75. The standard InChI is InChI=1S/C22H34N6O7/c1-3-12(2)18(21(33)27-16(22(34)35)9-13-10-23-11-25-13)28-20(32)15(6-7-17(29)30)26-19(31)14-5-4-8-24-14/h10-12,14-16,18,24H,3-9H2,1-2H3,(H,23,25)(H,26,31)(H,27,33)(H,28,32)(H,29,30)(H,34,35). The number of carboxylic acid groups (broad SMARTS) is 2. The average Bonchev–Trinajstić information content (AvgIpc) is 3.53. The molecule has 0 aliphatic carbocycles. The van der Waals surface area contributed by atoms with Crippen LogP contribution in [0.2, 0.25) is 0 Å². The summed E-state index contributed by atoms with van der Waals surface area (Å²) in [6, 6.07) is -3.99. The molecular formula is C22H34N6O7. The summed E-state index contributed by atoms with van der Waals surface area (Å²) < 4.78 is 0. The van der Waals surface area contributed by atoms with Crippen molar-refractivity contribution in [2.24, 2.45) is 5.92 Å². The van der Waals surface area contributed by atoms with Gasteiger partial charge in [0, 0.05) is 24.7 Å². The largest absolute Gasteiger partial charge is 0.481 e. The maximum atomic E-state index is 13.1. The van der Waals surface area contributed by atoms with E-state index in [4.69, 9.17) is 5.11 Å². The van der Waals surface area contributed by atoms with Gasteiger partial charge in [-0.2, -0.15) is 0 Å². The van der Waals surface area contributed by atoms with E-state index in [9.17, 15) is 29.1 Å². The van der Waals surface area contributed by atoms with Gasteiger partial charge in [-0.1, -0.05) is 20.3 Å². The van der Waals surface area contributed by atoms with Crippen molar-refractivity contribution in [2.75, 3.05) is 6.54 Å². The first kappa shape index (κ1) is 27.8. The van der Waals surface area contributed by atoms with Gasteiger partial charge in [0.15, 0.2) is 0 Å². The number of amides is 3. The summed E-state index contributed by atoms with van der Waals surface area (Å²) in [7, 11) is 0. The summed E-state index contributed by atoms with van der Waals surface area (Å²) in [6.07, 6.45) is 4.19. The molecular weight excluding hydrogens is 460 g/mol. The monoisotopic (exact) mass is 494 g/mol. The number of hydrogen-bond donors (Lipinski definition) is 7. The quantitative estimate of drug-likeness (QED) is 0.172. The number of aromatic amines is 1. The van der Waals surface area contributed by atoms with Crippen LogP contribution in [0.4, 0.5) is 0 Å². The molecule has 0 radical (unpaired) electrons. The number of imidazole rings is 1. The van der Waals surface area contributed by atoms with E-state index in [1.807, 2.05) is 6.92 Å². The molecule has 35 heavy (non-hydrogen) atoms. The van der Waals surface area contributed by atoms with E-state index in [-0.39, 0.29) is 25.2 Å². The molecule has 2 rings (SSSR count). The second kappa shape index (κ2) is 13.4. The molecule has 13 heteroatoms. The normalized spacial score (nSPS) is 18.6. The number of nitrogens with zero attached hydrogens (tertiary/aromatic N) is 1. The van der Waals surface area contributed by atoms with Crippen LogP contribution < -0.4 is 21.3 Å². The summed E-state index contributed by atoms with van der Waals surface area (Å²) in [5, 5.41) is 29.3. The number of aromatic nitrogens is 2. The van der Waals surface area contributed by atoms with Crippen LogP contribution >= 0.6 is 0 Å². The van der Waals surface area contributed by atoms with E-state index in [0.29, 0.717) is 25.1 Å². The van der Waals surface area contributed by atoms with Crippen LogP contribution in [0.3, 0.4) is 0 Å². The average molecular weight is 495 g/mol. The molecule has 5 unspecified atom stereocenters. The zero-order chi connectivity index (χ0) is 26.0. The van der Waals surface area contributed by atoms with Crippen molar-refractivity contribution in [1.29, 1.82) is 0 Å². The summed E-state index contributed by atoms with van der Waals surface area (Å²) in [6.45, 7) is 4.21. The zero-order valence-electron chi connectivity index (χ0n) is 19.9. The highest BCUT2D eigenvalue weighted by atomic mass is 16.4. The number of H-pyrrole nitrogens is 1. The van der Waals surface area contributed by atoms with Crippen molar-refractivity contribution >= 4 is 29.7 Å². The summed E-state index contributed by atoms with van der Waals surface area (Å²) in [4.78, 5) is 68.0. The van der Waals surface area contributed by atoms with Crippen LogP contribution in [0, 0.1) is 5.92 Å². The second-order valence-electron chi connectivity index (χ2n) is 8.69. The topological polar surface area (TPSA) is 203 Å². The van der Waals surface area contributed by atoms with E-state index in [1.165, 1.54) is 12.5 Å². The molecule has 0 bridgehead atoms. The molecule has 7 N–H and O–H groups in total. The molecule has 1 aliphatic heterocycles. The highest BCUT2D eigenvalue weighted by molar-refractivity contribution is 5.94. The fraction of sp³-hybridized carbons (Fsp3) is 0.636. The van der Waals surface area contributed by atoms with E-state index >= 15 is 0 Å². The van der Waals surface area contributed by atoms with E-state index in [2.05, 4.69) is 31.2 Å². The fourth-order valence-electron chi connectivity index (χ4n) is 3.75. The number of aliphatic carboxylic acids is 2. The molecule has 2 heterocycles. The molecule has 1 saturated heterocycles. The van der Waals surface area contributed by atoms with E-state index < -0.39 is 53.8 Å². The number of carboxylic acids is 2. The molecule has 1 aliphatic rings. The van der Waals surface area contributed by atoms with Crippen molar-refractivity contribution < 1.29 is 34.2 Å². The smallest absolute Gasteiger partial charge is 0.326 e. The summed E-state index contributed by atoms with van der Waals surface area (Å²) in [5.74, 6) is -4.57. The Labute approximate surface area is 202 Å². The van der Waals surface area contributed by atoms with Gasteiger partial charge in [-0.15, -0.1) is 0 Å². The predicted octanol–water partition coefficient (Wildman–Crippen LogP) is -0.846. The Balaban J connectivity index is 2.12. The minimum absolute atomic E-state index is 0.0338. The van der Waals surface area contributed by atoms with Gasteiger partial charge >= 0.3 is 11.9 Å². The first-order chi connectivity index (χ1) is 16.6. The SMILES string of the molecule is CCC(C)C(NC(=O)C(CCC(=O)O)NC(=O)C1CCCN1)C(=O)NC(Cc1cnc[nH]1)C(=O)O. The van der Waals surface area contributed by atoms with Gasteiger partial charge in [0.2, 0.25) is 17.7 Å².